The monoisotopic (exact) mass is 1110 g/mol. The second-order valence-corrected chi connectivity index (χ2v) is 22.4. The molecule has 80 heavy (non-hydrogen) atoms. The molecule has 6 nitrogen and oxygen atoms in total. The molecule has 0 spiro atoms. The van der Waals surface area contributed by atoms with Crippen LogP contribution in [0.3, 0.4) is 0 Å². The van der Waals surface area contributed by atoms with E-state index in [0.717, 1.165) is 103 Å². The third-order valence-electron chi connectivity index (χ3n) is 14.5. The molecule has 0 aromatic carbocycles. The van der Waals surface area contributed by atoms with E-state index in [1.54, 1.807) is 0 Å². The van der Waals surface area contributed by atoms with Crippen LogP contribution in [0.1, 0.15) is 323 Å². The molecule has 0 aromatic rings. The molecule has 0 radical (unpaired) electrons. The molecule has 0 bridgehead atoms. The third kappa shape index (κ3) is 64.9. The molecule has 0 saturated carbocycles. The number of carbonyl (C=O) groups is 3. The minimum atomic E-state index is -0.799. The molecule has 0 aliphatic rings. The minimum absolute atomic E-state index is 0.0939. The zero-order chi connectivity index (χ0) is 57.8. The molecule has 0 aromatic heterocycles. The Hall–Kier alpha value is -3.93. The zero-order valence-electron chi connectivity index (χ0n) is 52.6. The second kappa shape index (κ2) is 67.6. The first kappa shape index (κ1) is 76.1. The molecule has 1 unspecified atom stereocenters. The Balaban J connectivity index is 4.21. The molecule has 0 N–H and O–H groups in total. The van der Waals surface area contributed by atoms with Gasteiger partial charge in [0, 0.05) is 19.3 Å². The zero-order valence-corrected chi connectivity index (χ0v) is 52.6. The molecule has 0 rings (SSSR count). The van der Waals surface area contributed by atoms with Crippen molar-refractivity contribution in [1.29, 1.82) is 0 Å². The number of hydrogen-bond donors (Lipinski definition) is 0. The highest BCUT2D eigenvalue weighted by Crippen LogP contribution is 2.17. The molecule has 458 valence electrons. The highest BCUT2D eigenvalue weighted by molar-refractivity contribution is 5.71. The van der Waals surface area contributed by atoms with Crippen LogP contribution in [0.25, 0.3) is 0 Å². The largest absolute Gasteiger partial charge is 0.462 e. The quantitative estimate of drug-likeness (QED) is 0.0261. The maximum atomic E-state index is 12.9. The van der Waals surface area contributed by atoms with E-state index in [1.807, 2.05) is 0 Å². The lowest BCUT2D eigenvalue weighted by Crippen LogP contribution is -2.30. The van der Waals surface area contributed by atoms with Crippen LogP contribution in [-0.4, -0.2) is 37.2 Å². The molecule has 0 heterocycles. The molecule has 0 fully saturated rings. The predicted octanol–water partition coefficient (Wildman–Crippen LogP) is 23.4. The first-order chi connectivity index (χ1) is 39.5. The van der Waals surface area contributed by atoms with E-state index in [1.165, 1.54) is 173 Å². The summed E-state index contributed by atoms with van der Waals surface area (Å²) in [6.45, 7) is 6.47. The summed E-state index contributed by atoms with van der Waals surface area (Å²) in [5.41, 5.74) is 0. The molecule has 0 saturated heterocycles. The molecule has 0 aliphatic heterocycles. The van der Waals surface area contributed by atoms with Gasteiger partial charge >= 0.3 is 17.9 Å². The van der Waals surface area contributed by atoms with Gasteiger partial charge in [-0.25, -0.2) is 0 Å². The maximum absolute atomic E-state index is 12.9. The Bertz CT molecular complexity index is 1610. The van der Waals surface area contributed by atoms with Crippen molar-refractivity contribution in [3.05, 3.63) is 109 Å². The average molecular weight is 1110 g/mol. The Morgan fingerprint density at radius 1 is 0.263 bits per heavy atom. The van der Waals surface area contributed by atoms with Crippen LogP contribution in [0.15, 0.2) is 109 Å². The molecule has 0 aliphatic carbocycles. The summed E-state index contributed by atoms with van der Waals surface area (Å²) in [5, 5.41) is 0. The Morgan fingerprint density at radius 2 is 0.487 bits per heavy atom. The van der Waals surface area contributed by atoms with Gasteiger partial charge in [-0.1, -0.05) is 329 Å². The Labute approximate surface area is 495 Å². The third-order valence-corrected chi connectivity index (χ3v) is 14.5. The molecule has 1 atom stereocenters. The number of allylic oxidation sites excluding steroid dienone is 18. The molecular formula is C74H126O6. The van der Waals surface area contributed by atoms with Gasteiger partial charge in [0.15, 0.2) is 6.10 Å². The van der Waals surface area contributed by atoms with E-state index >= 15 is 0 Å². The number of ether oxygens (including phenoxy) is 3. The van der Waals surface area contributed by atoms with E-state index in [9.17, 15) is 14.4 Å². The van der Waals surface area contributed by atoms with Gasteiger partial charge in [-0.15, -0.1) is 0 Å². The normalized spacial score (nSPS) is 12.8. The lowest BCUT2D eigenvalue weighted by molar-refractivity contribution is -0.167. The van der Waals surface area contributed by atoms with Crippen molar-refractivity contribution in [1.82, 2.24) is 0 Å². The first-order valence-corrected chi connectivity index (χ1v) is 33.9. The fourth-order valence-electron chi connectivity index (χ4n) is 9.51. The van der Waals surface area contributed by atoms with Gasteiger partial charge in [0.1, 0.15) is 13.2 Å². The summed E-state index contributed by atoms with van der Waals surface area (Å²) in [6.07, 6.45) is 92.9. The number of esters is 3. The maximum Gasteiger partial charge on any atom is 0.306 e. The fourth-order valence-corrected chi connectivity index (χ4v) is 9.51. The Kier molecular flexibility index (Phi) is 64.3. The number of hydrogen-bond acceptors (Lipinski definition) is 6. The molecule has 6 heteroatoms. The summed E-state index contributed by atoms with van der Waals surface area (Å²) >= 11 is 0. The van der Waals surface area contributed by atoms with Gasteiger partial charge in [-0.2, -0.15) is 0 Å². The van der Waals surface area contributed by atoms with E-state index in [-0.39, 0.29) is 37.5 Å². The predicted molar refractivity (Wildman–Crippen MR) is 348 cm³/mol. The van der Waals surface area contributed by atoms with Crippen LogP contribution < -0.4 is 0 Å². The number of carbonyl (C=O) groups excluding carboxylic acids is 3. The van der Waals surface area contributed by atoms with Crippen LogP contribution in [0.2, 0.25) is 0 Å². The first-order valence-electron chi connectivity index (χ1n) is 33.9. The Morgan fingerprint density at radius 3 is 0.762 bits per heavy atom. The summed E-state index contributed by atoms with van der Waals surface area (Å²) in [5.74, 6) is -0.953. The summed E-state index contributed by atoms with van der Waals surface area (Å²) in [4.78, 5) is 38.1. The highest BCUT2D eigenvalue weighted by Gasteiger charge is 2.19. The lowest BCUT2D eigenvalue weighted by Gasteiger charge is -2.18. The topological polar surface area (TPSA) is 78.9 Å². The van der Waals surface area contributed by atoms with Crippen LogP contribution >= 0.6 is 0 Å². The van der Waals surface area contributed by atoms with E-state index in [2.05, 4.69) is 130 Å². The smallest absolute Gasteiger partial charge is 0.306 e. The van der Waals surface area contributed by atoms with Crippen molar-refractivity contribution >= 4 is 17.9 Å². The van der Waals surface area contributed by atoms with Crippen molar-refractivity contribution in [3.8, 4) is 0 Å². The second-order valence-electron chi connectivity index (χ2n) is 22.4. The van der Waals surface area contributed by atoms with Crippen LogP contribution in [0.4, 0.5) is 0 Å². The fraction of sp³-hybridized carbons (Fsp3) is 0.716. The van der Waals surface area contributed by atoms with Crippen molar-refractivity contribution in [3.63, 3.8) is 0 Å². The van der Waals surface area contributed by atoms with Gasteiger partial charge < -0.3 is 14.2 Å². The van der Waals surface area contributed by atoms with Gasteiger partial charge in [0.2, 0.25) is 0 Å². The van der Waals surface area contributed by atoms with E-state index in [4.69, 9.17) is 14.2 Å². The van der Waals surface area contributed by atoms with Crippen LogP contribution in [0.5, 0.6) is 0 Å². The standard InChI is InChI=1S/C74H126O6/c1-4-7-10-13-16-18-20-22-24-26-28-30-32-34-36-37-38-40-41-43-45-47-49-51-53-55-58-61-64-67-73(76)79-70-71(69-78-72(75)66-63-60-57-15-12-9-6-3)80-74(77)68-65-62-59-56-54-52-50-48-46-44-42-39-35-33-31-29-27-25-23-21-19-17-14-11-8-5-2/h7,10,16,18,22,24,28,30,34,36,38,40,43,45,49,51,55,58,71H,4-6,8-9,11-15,17,19-21,23,25-27,29,31-33,35,37,39,41-42,44,46-48,50,52-54,56-57,59-70H2,1-3H3/b10-7-,18-16-,24-22-,30-28-,36-34-,40-38-,45-43-,51-49-,58-55-. The number of rotatable bonds is 61. The van der Waals surface area contributed by atoms with Crippen LogP contribution in [-0.2, 0) is 28.6 Å². The summed E-state index contributed by atoms with van der Waals surface area (Å²) in [7, 11) is 0. The molecule has 0 amide bonds. The van der Waals surface area contributed by atoms with Gasteiger partial charge in [-0.05, 0) is 83.5 Å². The SMILES string of the molecule is CC/C=C\C/C=C\C/C=C\C/C=C\C/C=C\C/C=C\C/C=C\C/C=C\C/C=C\CCCC(=O)OCC(COC(=O)CCCCCCCCC)OC(=O)CCCCCCCCCCCCCCCCCCCCCCCCCCCC. The summed E-state index contributed by atoms with van der Waals surface area (Å²) < 4.78 is 16.8. The average Bonchev–Trinajstić information content (AvgIpc) is 3.46. The summed E-state index contributed by atoms with van der Waals surface area (Å²) in [6, 6.07) is 0. The lowest BCUT2D eigenvalue weighted by atomic mass is 10.0. The highest BCUT2D eigenvalue weighted by atomic mass is 16.6. The minimum Gasteiger partial charge on any atom is -0.462 e. The molecular weight excluding hydrogens is 985 g/mol. The number of unbranched alkanes of at least 4 members (excludes halogenated alkanes) is 32. The van der Waals surface area contributed by atoms with Gasteiger partial charge in [-0.3, -0.25) is 14.4 Å². The van der Waals surface area contributed by atoms with Crippen molar-refractivity contribution < 1.29 is 28.6 Å². The van der Waals surface area contributed by atoms with E-state index < -0.39 is 6.10 Å². The van der Waals surface area contributed by atoms with Gasteiger partial charge in [0.05, 0.1) is 0 Å². The van der Waals surface area contributed by atoms with E-state index in [0.29, 0.717) is 19.3 Å². The van der Waals surface area contributed by atoms with Crippen molar-refractivity contribution in [2.45, 2.75) is 329 Å². The van der Waals surface area contributed by atoms with Gasteiger partial charge in [0.25, 0.3) is 0 Å². The van der Waals surface area contributed by atoms with Crippen molar-refractivity contribution in [2.75, 3.05) is 13.2 Å². The van der Waals surface area contributed by atoms with Crippen LogP contribution in [0, 0.1) is 0 Å². The van der Waals surface area contributed by atoms with Crippen molar-refractivity contribution in [2.24, 2.45) is 0 Å².